The molecular weight excluding hydrogens is 168 g/mol. The van der Waals surface area contributed by atoms with Crippen molar-refractivity contribution in [2.45, 2.75) is 13.5 Å². The highest BCUT2D eigenvalue weighted by atomic mass is 16.6. The fraction of sp³-hybridized carbons (Fsp3) is 0.333. The summed E-state index contributed by atoms with van der Waals surface area (Å²) in [4.78, 5) is 16.9. The van der Waals surface area contributed by atoms with E-state index in [9.17, 15) is 4.79 Å². The molecule has 1 aliphatic rings. The second kappa shape index (κ2) is 3.05. The summed E-state index contributed by atoms with van der Waals surface area (Å²) < 4.78 is 4.95. The van der Waals surface area contributed by atoms with E-state index in [4.69, 9.17) is 4.74 Å². The van der Waals surface area contributed by atoms with Gasteiger partial charge in [-0.05, 0) is 13.0 Å². The molecule has 2 rings (SSSR count). The molecule has 68 valence electrons. The van der Waals surface area contributed by atoms with Crippen molar-refractivity contribution in [1.82, 2.24) is 4.98 Å². The normalized spacial score (nSPS) is 15.2. The number of carbonyl (C=O) groups excluding carboxylic acids is 1. The van der Waals surface area contributed by atoms with Gasteiger partial charge in [-0.2, -0.15) is 0 Å². The number of hydrogen-bond donors (Lipinski definition) is 0. The Bertz CT molecular complexity index is 338. The molecule has 0 radical (unpaired) electrons. The number of anilines is 1. The highest BCUT2D eigenvalue weighted by Crippen LogP contribution is 2.23. The molecule has 0 aliphatic carbocycles. The third-order valence-electron chi connectivity index (χ3n) is 2.01. The minimum absolute atomic E-state index is 0.311. The number of aromatic nitrogens is 1. The summed E-state index contributed by atoms with van der Waals surface area (Å²) in [6, 6.07) is 3.75. The van der Waals surface area contributed by atoms with Gasteiger partial charge in [-0.3, -0.25) is 4.90 Å². The lowest BCUT2D eigenvalue weighted by Gasteiger charge is -2.26. The van der Waals surface area contributed by atoms with Gasteiger partial charge in [0, 0.05) is 18.3 Å². The maximum absolute atomic E-state index is 11.3. The molecule has 0 saturated carbocycles. The zero-order valence-electron chi connectivity index (χ0n) is 7.36. The van der Waals surface area contributed by atoms with Gasteiger partial charge in [0.25, 0.3) is 0 Å². The number of carbonyl (C=O) groups is 1. The number of ether oxygens (including phenoxy) is 1. The van der Waals surface area contributed by atoms with Gasteiger partial charge in [0.05, 0.1) is 0 Å². The molecule has 0 saturated heterocycles. The first-order chi connectivity index (χ1) is 6.33. The molecule has 13 heavy (non-hydrogen) atoms. The lowest BCUT2D eigenvalue weighted by atomic mass is 10.2. The van der Waals surface area contributed by atoms with Gasteiger partial charge in [0.1, 0.15) is 12.4 Å². The van der Waals surface area contributed by atoms with Crippen molar-refractivity contribution in [2.24, 2.45) is 0 Å². The smallest absolute Gasteiger partial charge is 0.415 e. The first-order valence-electron chi connectivity index (χ1n) is 4.21. The van der Waals surface area contributed by atoms with Crippen molar-refractivity contribution in [3.8, 4) is 0 Å². The summed E-state index contributed by atoms with van der Waals surface area (Å²) in [5.41, 5.74) is 0.962. The van der Waals surface area contributed by atoms with E-state index in [1.54, 1.807) is 6.20 Å². The first-order valence-corrected chi connectivity index (χ1v) is 4.21. The third-order valence-corrected chi connectivity index (χ3v) is 2.01. The van der Waals surface area contributed by atoms with Crippen molar-refractivity contribution < 1.29 is 9.53 Å². The minimum Gasteiger partial charge on any atom is -0.444 e. The molecule has 1 aliphatic heterocycles. The van der Waals surface area contributed by atoms with Crippen LogP contribution < -0.4 is 4.90 Å². The van der Waals surface area contributed by atoms with Gasteiger partial charge in [0.2, 0.25) is 0 Å². The van der Waals surface area contributed by atoms with E-state index in [2.05, 4.69) is 4.98 Å². The average molecular weight is 178 g/mol. The van der Waals surface area contributed by atoms with Crippen LogP contribution >= 0.6 is 0 Å². The zero-order chi connectivity index (χ0) is 9.26. The maximum Gasteiger partial charge on any atom is 0.415 e. The molecule has 0 atom stereocenters. The Kier molecular flexibility index (Phi) is 1.88. The molecule has 2 heterocycles. The van der Waals surface area contributed by atoms with E-state index < -0.39 is 0 Å². The molecule has 0 fully saturated rings. The van der Waals surface area contributed by atoms with Crippen molar-refractivity contribution in [3.63, 3.8) is 0 Å². The van der Waals surface area contributed by atoms with E-state index in [-0.39, 0.29) is 6.09 Å². The second-order valence-corrected chi connectivity index (χ2v) is 2.78. The van der Waals surface area contributed by atoms with Gasteiger partial charge in [0.15, 0.2) is 0 Å². The van der Waals surface area contributed by atoms with Gasteiger partial charge in [-0.25, -0.2) is 9.78 Å². The van der Waals surface area contributed by atoms with E-state index in [0.717, 1.165) is 11.4 Å². The van der Waals surface area contributed by atoms with E-state index in [1.807, 2.05) is 19.1 Å². The van der Waals surface area contributed by atoms with Crippen LogP contribution in [-0.4, -0.2) is 17.6 Å². The number of fused-ring (bicyclic) bond motifs is 1. The zero-order valence-corrected chi connectivity index (χ0v) is 7.36. The summed E-state index contributed by atoms with van der Waals surface area (Å²) in [6.45, 7) is 2.81. The Morgan fingerprint density at radius 1 is 1.69 bits per heavy atom. The van der Waals surface area contributed by atoms with Crippen LogP contribution in [0.4, 0.5) is 10.6 Å². The topological polar surface area (TPSA) is 42.4 Å². The predicted molar refractivity (Wildman–Crippen MR) is 47.4 cm³/mol. The van der Waals surface area contributed by atoms with E-state index in [1.165, 1.54) is 4.90 Å². The Labute approximate surface area is 76.1 Å². The molecule has 0 unspecified atom stereocenters. The van der Waals surface area contributed by atoms with Crippen LogP contribution in [0.5, 0.6) is 0 Å². The van der Waals surface area contributed by atoms with Crippen LogP contribution in [0, 0.1) is 0 Å². The Morgan fingerprint density at radius 3 is 3.31 bits per heavy atom. The Balaban J connectivity index is 2.45. The van der Waals surface area contributed by atoms with Gasteiger partial charge < -0.3 is 4.74 Å². The predicted octanol–water partition coefficient (Wildman–Crippen LogP) is 1.56. The van der Waals surface area contributed by atoms with Crippen LogP contribution in [0.1, 0.15) is 12.5 Å². The summed E-state index contributed by atoms with van der Waals surface area (Å²) in [5.74, 6) is 0.723. The summed E-state index contributed by atoms with van der Waals surface area (Å²) in [6.07, 6.45) is 1.37. The van der Waals surface area contributed by atoms with Crippen LogP contribution in [0.15, 0.2) is 18.3 Å². The summed E-state index contributed by atoms with van der Waals surface area (Å²) in [5, 5.41) is 0. The molecule has 1 amide bonds. The quantitative estimate of drug-likeness (QED) is 0.655. The van der Waals surface area contributed by atoms with Crippen molar-refractivity contribution in [3.05, 3.63) is 23.9 Å². The Hall–Kier alpha value is -1.58. The lowest BCUT2D eigenvalue weighted by Crippen LogP contribution is -2.36. The number of rotatable bonds is 1. The van der Waals surface area contributed by atoms with Gasteiger partial charge in [-0.1, -0.05) is 6.07 Å². The SMILES string of the molecule is CCN1C(=O)OCc2cccnc21. The van der Waals surface area contributed by atoms with Crippen LogP contribution in [0.2, 0.25) is 0 Å². The number of amides is 1. The minimum atomic E-state index is -0.311. The standard InChI is InChI=1S/C9H10N2O2/c1-2-11-8-7(4-3-5-10-8)6-13-9(11)12/h3-5H,2,6H2,1H3. The molecule has 0 bridgehead atoms. The first kappa shape index (κ1) is 8.04. The fourth-order valence-electron chi connectivity index (χ4n) is 1.37. The summed E-state index contributed by atoms with van der Waals surface area (Å²) in [7, 11) is 0. The van der Waals surface area contributed by atoms with Crippen LogP contribution in [0.3, 0.4) is 0 Å². The lowest BCUT2D eigenvalue weighted by molar-refractivity contribution is 0.141. The molecule has 1 aromatic heterocycles. The molecule has 0 aromatic carbocycles. The Morgan fingerprint density at radius 2 is 2.54 bits per heavy atom. The highest BCUT2D eigenvalue weighted by molar-refractivity contribution is 5.88. The third kappa shape index (κ3) is 1.24. The number of cyclic esters (lactones) is 1. The molecule has 0 spiro atoms. The molecule has 4 heteroatoms. The monoisotopic (exact) mass is 178 g/mol. The number of hydrogen-bond acceptors (Lipinski definition) is 3. The number of pyridine rings is 1. The van der Waals surface area contributed by atoms with Crippen LogP contribution in [-0.2, 0) is 11.3 Å². The highest BCUT2D eigenvalue weighted by Gasteiger charge is 2.24. The maximum atomic E-state index is 11.3. The van der Waals surface area contributed by atoms with Crippen molar-refractivity contribution in [1.29, 1.82) is 0 Å². The van der Waals surface area contributed by atoms with E-state index in [0.29, 0.717) is 13.2 Å². The number of nitrogens with zero attached hydrogens (tertiary/aromatic N) is 2. The second-order valence-electron chi connectivity index (χ2n) is 2.78. The fourth-order valence-corrected chi connectivity index (χ4v) is 1.37. The average Bonchev–Trinajstić information content (AvgIpc) is 2.18. The van der Waals surface area contributed by atoms with Crippen molar-refractivity contribution in [2.75, 3.05) is 11.4 Å². The molecule has 1 aromatic rings. The molecule has 4 nitrogen and oxygen atoms in total. The van der Waals surface area contributed by atoms with Crippen LogP contribution in [0.25, 0.3) is 0 Å². The largest absolute Gasteiger partial charge is 0.444 e. The van der Waals surface area contributed by atoms with Gasteiger partial charge >= 0.3 is 6.09 Å². The summed E-state index contributed by atoms with van der Waals surface area (Å²) >= 11 is 0. The molecule has 0 N–H and O–H groups in total. The molecular formula is C9H10N2O2. The van der Waals surface area contributed by atoms with E-state index >= 15 is 0 Å². The van der Waals surface area contributed by atoms with Crippen molar-refractivity contribution >= 4 is 11.9 Å². The van der Waals surface area contributed by atoms with Gasteiger partial charge in [-0.15, -0.1) is 0 Å².